The zero-order chi connectivity index (χ0) is 19.5. The first-order valence-corrected chi connectivity index (χ1v) is 9.03. The third kappa shape index (κ3) is 3.76. The van der Waals surface area contributed by atoms with Crippen LogP contribution in [-0.2, 0) is 6.61 Å². The summed E-state index contributed by atoms with van der Waals surface area (Å²) in [7, 11) is 1.61. The van der Waals surface area contributed by atoms with Crippen LogP contribution in [0.25, 0.3) is 6.08 Å². The van der Waals surface area contributed by atoms with E-state index in [4.69, 9.17) is 14.2 Å². The fraction of sp³-hybridized carbons (Fsp3) is 0.125. The molecule has 28 heavy (non-hydrogen) atoms. The highest BCUT2D eigenvalue weighted by Crippen LogP contribution is 2.35. The second-order valence-corrected chi connectivity index (χ2v) is 6.65. The SMILES string of the molecule is COc1cccc(/C=C2\Oc3cc(OCc4ccc(C)cc4)ccc3C2=O)c1. The minimum absolute atomic E-state index is 0.136. The van der Waals surface area contributed by atoms with E-state index in [9.17, 15) is 4.79 Å². The average molecular weight is 372 g/mol. The molecule has 0 spiro atoms. The van der Waals surface area contributed by atoms with Gasteiger partial charge in [-0.15, -0.1) is 0 Å². The Morgan fingerprint density at radius 1 is 0.964 bits per heavy atom. The number of methoxy groups -OCH3 is 1. The number of carbonyl (C=O) groups is 1. The predicted molar refractivity (Wildman–Crippen MR) is 108 cm³/mol. The molecule has 1 aliphatic heterocycles. The Morgan fingerprint density at radius 3 is 2.57 bits per heavy atom. The first kappa shape index (κ1) is 17.9. The summed E-state index contributed by atoms with van der Waals surface area (Å²) in [5.41, 5.74) is 3.67. The Hall–Kier alpha value is -3.53. The highest BCUT2D eigenvalue weighted by Gasteiger charge is 2.27. The van der Waals surface area contributed by atoms with Crippen molar-refractivity contribution in [2.45, 2.75) is 13.5 Å². The minimum atomic E-state index is -0.136. The first-order chi connectivity index (χ1) is 13.6. The van der Waals surface area contributed by atoms with E-state index in [2.05, 4.69) is 19.1 Å². The molecule has 3 aromatic carbocycles. The summed E-state index contributed by atoms with van der Waals surface area (Å²) in [5, 5.41) is 0. The molecule has 0 amide bonds. The van der Waals surface area contributed by atoms with Gasteiger partial charge in [-0.05, 0) is 48.4 Å². The molecule has 1 aliphatic rings. The summed E-state index contributed by atoms with van der Waals surface area (Å²) in [4.78, 5) is 12.6. The molecule has 4 heteroatoms. The lowest BCUT2D eigenvalue weighted by atomic mass is 10.1. The lowest BCUT2D eigenvalue weighted by Crippen LogP contribution is -1.98. The van der Waals surface area contributed by atoms with Gasteiger partial charge in [0.2, 0.25) is 5.78 Å². The zero-order valence-electron chi connectivity index (χ0n) is 15.8. The Labute approximate surface area is 164 Å². The first-order valence-electron chi connectivity index (χ1n) is 9.03. The second-order valence-electron chi connectivity index (χ2n) is 6.65. The van der Waals surface area contributed by atoms with Gasteiger partial charge < -0.3 is 14.2 Å². The van der Waals surface area contributed by atoms with E-state index in [0.29, 0.717) is 29.4 Å². The minimum Gasteiger partial charge on any atom is -0.497 e. The molecule has 0 saturated carbocycles. The van der Waals surface area contributed by atoms with Crippen molar-refractivity contribution in [2.24, 2.45) is 0 Å². The third-order valence-corrected chi connectivity index (χ3v) is 4.56. The van der Waals surface area contributed by atoms with Gasteiger partial charge in [0, 0.05) is 6.07 Å². The van der Waals surface area contributed by atoms with Crippen LogP contribution in [0.15, 0.2) is 72.5 Å². The van der Waals surface area contributed by atoms with Crippen LogP contribution < -0.4 is 14.2 Å². The van der Waals surface area contributed by atoms with Gasteiger partial charge >= 0.3 is 0 Å². The molecule has 0 bridgehead atoms. The quantitative estimate of drug-likeness (QED) is 0.578. The molecule has 4 nitrogen and oxygen atoms in total. The molecule has 0 unspecified atom stereocenters. The number of allylic oxidation sites excluding steroid dienone is 1. The van der Waals surface area contributed by atoms with Crippen LogP contribution in [0, 0.1) is 6.92 Å². The second kappa shape index (κ2) is 7.61. The Kier molecular flexibility index (Phi) is 4.85. The van der Waals surface area contributed by atoms with E-state index in [-0.39, 0.29) is 5.78 Å². The Bertz CT molecular complexity index is 1050. The largest absolute Gasteiger partial charge is 0.497 e. The maximum atomic E-state index is 12.6. The average Bonchev–Trinajstić information content (AvgIpc) is 3.02. The highest BCUT2D eigenvalue weighted by atomic mass is 16.5. The van der Waals surface area contributed by atoms with Crippen LogP contribution in [0.4, 0.5) is 0 Å². The van der Waals surface area contributed by atoms with Gasteiger partial charge in [0.15, 0.2) is 5.76 Å². The van der Waals surface area contributed by atoms with E-state index in [1.54, 1.807) is 31.4 Å². The highest BCUT2D eigenvalue weighted by molar-refractivity contribution is 6.14. The lowest BCUT2D eigenvalue weighted by molar-refractivity contribution is 0.101. The molecular formula is C24H20O4. The van der Waals surface area contributed by atoms with E-state index < -0.39 is 0 Å². The van der Waals surface area contributed by atoms with Gasteiger partial charge in [0.25, 0.3) is 0 Å². The fourth-order valence-electron chi connectivity index (χ4n) is 2.99. The summed E-state index contributed by atoms with van der Waals surface area (Å²) in [6.07, 6.45) is 1.72. The zero-order valence-corrected chi connectivity index (χ0v) is 15.8. The van der Waals surface area contributed by atoms with E-state index in [1.165, 1.54) is 5.56 Å². The van der Waals surface area contributed by atoms with Crippen molar-refractivity contribution in [3.05, 3.63) is 94.7 Å². The number of aryl methyl sites for hydroxylation is 1. The molecule has 0 N–H and O–H groups in total. The van der Waals surface area contributed by atoms with Crippen molar-refractivity contribution < 1.29 is 19.0 Å². The molecule has 140 valence electrons. The van der Waals surface area contributed by atoms with E-state index in [0.717, 1.165) is 16.9 Å². The number of ether oxygens (including phenoxy) is 3. The van der Waals surface area contributed by atoms with Crippen molar-refractivity contribution in [1.82, 2.24) is 0 Å². The standard InChI is InChI=1S/C24H20O4/c1-16-6-8-17(9-7-16)15-27-20-10-11-21-22(14-20)28-23(24(21)25)13-18-4-3-5-19(12-18)26-2/h3-14H,15H2,1-2H3/b23-13-. The predicted octanol–water partition coefficient (Wildman–Crippen LogP) is 5.20. The topological polar surface area (TPSA) is 44.8 Å². The molecule has 4 rings (SSSR count). The smallest absolute Gasteiger partial charge is 0.231 e. The molecule has 0 aliphatic carbocycles. The van der Waals surface area contributed by atoms with Crippen molar-refractivity contribution in [3.8, 4) is 17.2 Å². The van der Waals surface area contributed by atoms with Crippen LogP contribution in [0.2, 0.25) is 0 Å². The lowest BCUT2D eigenvalue weighted by Gasteiger charge is -2.07. The Balaban J connectivity index is 1.50. The van der Waals surface area contributed by atoms with Crippen molar-refractivity contribution in [2.75, 3.05) is 7.11 Å². The van der Waals surface area contributed by atoms with Crippen LogP contribution in [0.3, 0.4) is 0 Å². The van der Waals surface area contributed by atoms with Crippen LogP contribution >= 0.6 is 0 Å². The van der Waals surface area contributed by atoms with Crippen LogP contribution in [0.5, 0.6) is 17.2 Å². The van der Waals surface area contributed by atoms with E-state index in [1.807, 2.05) is 36.4 Å². The van der Waals surface area contributed by atoms with Gasteiger partial charge in [0.1, 0.15) is 23.9 Å². The van der Waals surface area contributed by atoms with Crippen molar-refractivity contribution >= 4 is 11.9 Å². The number of hydrogen-bond donors (Lipinski definition) is 0. The van der Waals surface area contributed by atoms with Gasteiger partial charge in [-0.25, -0.2) is 0 Å². The van der Waals surface area contributed by atoms with E-state index >= 15 is 0 Å². The molecule has 0 fully saturated rings. The maximum absolute atomic E-state index is 12.6. The molecule has 0 radical (unpaired) electrons. The molecule has 0 aromatic heterocycles. The molecule has 0 saturated heterocycles. The summed E-state index contributed by atoms with van der Waals surface area (Å²) in [6, 6.07) is 21.0. The number of Topliss-reactive ketones (excluding diaryl/α,β-unsaturated/α-hetero) is 1. The summed E-state index contributed by atoms with van der Waals surface area (Å²) < 4.78 is 16.9. The molecular weight excluding hydrogens is 352 g/mol. The third-order valence-electron chi connectivity index (χ3n) is 4.56. The normalized spacial score (nSPS) is 13.9. The van der Waals surface area contributed by atoms with Gasteiger partial charge in [0.05, 0.1) is 12.7 Å². The van der Waals surface area contributed by atoms with Crippen LogP contribution in [0.1, 0.15) is 27.0 Å². The van der Waals surface area contributed by atoms with Gasteiger partial charge in [-0.1, -0.05) is 42.0 Å². The molecule has 0 atom stereocenters. The number of rotatable bonds is 5. The number of fused-ring (bicyclic) bond motifs is 1. The van der Waals surface area contributed by atoms with Crippen LogP contribution in [-0.4, -0.2) is 12.9 Å². The number of benzene rings is 3. The maximum Gasteiger partial charge on any atom is 0.231 e. The van der Waals surface area contributed by atoms with Crippen molar-refractivity contribution in [1.29, 1.82) is 0 Å². The number of hydrogen-bond acceptors (Lipinski definition) is 4. The Morgan fingerprint density at radius 2 is 1.79 bits per heavy atom. The van der Waals surface area contributed by atoms with Crippen molar-refractivity contribution in [3.63, 3.8) is 0 Å². The van der Waals surface area contributed by atoms with Gasteiger partial charge in [-0.2, -0.15) is 0 Å². The summed E-state index contributed by atoms with van der Waals surface area (Å²) in [5.74, 6) is 2.06. The summed E-state index contributed by atoms with van der Waals surface area (Å²) >= 11 is 0. The van der Waals surface area contributed by atoms with Gasteiger partial charge in [-0.3, -0.25) is 4.79 Å². The monoisotopic (exact) mass is 372 g/mol. The fourth-order valence-corrected chi connectivity index (χ4v) is 2.99. The summed E-state index contributed by atoms with van der Waals surface area (Å²) in [6.45, 7) is 2.51. The number of ketones is 1. The molecule has 3 aromatic rings. The number of carbonyl (C=O) groups excluding carboxylic acids is 1. The molecule has 1 heterocycles.